The summed E-state index contributed by atoms with van der Waals surface area (Å²) >= 11 is 0. The van der Waals surface area contributed by atoms with Crippen LogP contribution >= 0.6 is 0 Å². The van der Waals surface area contributed by atoms with Crippen molar-refractivity contribution in [3.05, 3.63) is 35.4 Å². The van der Waals surface area contributed by atoms with E-state index < -0.39 is 0 Å². The van der Waals surface area contributed by atoms with E-state index >= 15 is 0 Å². The van der Waals surface area contributed by atoms with Crippen LogP contribution in [0.15, 0.2) is 24.3 Å². The van der Waals surface area contributed by atoms with Crippen molar-refractivity contribution in [1.29, 1.82) is 0 Å². The van der Waals surface area contributed by atoms with Gasteiger partial charge in [-0.1, -0.05) is 51.5 Å². The average Bonchev–Trinajstić information content (AvgIpc) is 2.40. The molecule has 1 fully saturated rings. The molecule has 1 aromatic carbocycles. The third-order valence-electron chi connectivity index (χ3n) is 4.71. The number of hydrogen-bond acceptors (Lipinski definition) is 1. The van der Waals surface area contributed by atoms with Gasteiger partial charge in [-0.25, -0.2) is 0 Å². The van der Waals surface area contributed by atoms with Gasteiger partial charge in [-0.15, -0.1) is 0 Å². The molecule has 19 heavy (non-hydrogen) atoms. The molecule has 1 saturated carbocycles. The Kier molecular flexibility index (Phi) is 5.45. The van der Waals surface area contributed by atoms with Crippen LogP contribution in [0.5, 0.6) is 0 Å². The maximum atomic E-state index is 3.75. The minimum Gasteiger partial charge on any atom is -0.310 e. The van der Waals surface area contributed by atoms with Gasteiger partial charge in [0.25, 0.3) is 0 Å². The van der Waals surface area contributed by atoms with E-state index in [0.29, 0.717) is 12.0 Å². The van der Waals surface area contributed by atoms with E-state index in [1.165, 1.54) is 43.2 Å². The molecule has 0 amide bonds. The highest BCUT2D eigenvalue weighted by molar-refractivity contribution is 5.28. The second-order valence-corrected chi connectivity index (χ2v) is 6.10. The Labute approximate surface area is 118 Å². The molecule has 0 aromatic heterocycles. The standard InChI is InChI=1S/C18H29N/c1-4-13-19-18(16-7-6-8-16)17-11-9-15(10-12-17)14(3)5-2/h9-12,14,16,18-19H,4-8,13H2,1-3H3. The summed E-state index contributed by atoms with van der Waals surface area (Å²) in [4.78, 5) is 0. The minimum atomic E-state index is 0.583. The molecule has 1 N–H and O–H groups in total. The van der Waals surface area contributed by atoms with Crippen LogP contribution in [-0.2, 0) is 0 Å². The predicted octanol–water partition coefficient (Wildman–Crippen LogP) is 5.04. The molecule has 0 heterocycles. The van der Waals surface area contributed by atoms with Crippen LogP contribution in [0.3, 0.4) is 0 Å². The second kappa shape index (κ2) is 7.09. The van der Waals surface area contributed by atoms with Crippen LogP contribution in [0.4, 0.5) is 0 Å². The van der Waals surface area contributed by atoms with E-state index in [-0.39, 0.29) is 0 Å². The van der Waals surface area contributed by atoms with Gasteiger partial charge in [-0.2, -0.15) is 0 Å². The first-order chi connectivity index (χ1) is 9.26. The molecular formula is C18H29N. The van der Waals surface area contributed by atoms with Gasteiger partial charge in [0.15, 0.2) is 0 Å². The fraction of sp³-hybridized carbons (Fsp3) is 0.667. The van der Waals surface area contributed by atoms with Gasteiger partial charge in [-0.3, -0.25) is 0 Å². The van der Waals surface area contributed by atoms with E-state index in [9.17, 15) is 0 Å². The molecule has 2 atom stereocenters. The lowest BCUT2D eigenvalue weighted by molar-refractivity contribution is 0.231. The summed E-state index contributed by atoms with van der Waals surface area (Å²) in [7, 11) is 0. The van der Waals surface area contributed by atoms with Gasteiger partial charge >= 0.3 is 0 Å². The van der Waals surface area contributed by atoms with Gasteiger partial charge in [0, 0.05) is 6.04 Å². The van der Waals surface area contributed by atoms with Gasteiger partial charge < -0.3 is 5.32 Å². The van der Waals surface area contributed by atoms with Crippen molar-refractivity contribution in [2.45, 2.75) is 64.8 Å². The first-order valence-electron chi connectivity index (χ1n) is 8.09. The van der Waals surface area contributed by atoms with Gasteiger partial charge in [0.2, 0.25) is 0 Å². The molecular weight excluding hydrogens is 230 g/mol. The van der Waals surface area contributed by atoms with Crippen molar-refractivity contribution >= 4 is 0 Å². The fourth-order valence-corrected chi connectivity index (χ4v) is 2.90. The largest absolute Gasteiger partial charge is 0.310 e. The summed E-state index contributed by atoms with van der Waals surface area (Å²) in [5, 5.41) is 3.75. The molecule has 0 saturated heterocycles. The highest BCUT2D eigenvalue weighted by Crippen LogP contribution is 2.38. The highest BCUT2D eigenvalue weighted by Gasteiger charge is 2.27. The zero-order valence-corrected chi connectivity index (χ0v) is 12.8. The van der Waals surface area contributed by atoms with E-state index in [1.807, 2.05) is 0 Å². The first kappa shape index (κ1) is 14.6. The molecule has 0 aliphatic heterocycles. The number of benzene rings is 1. The molecule has 1 heteroatoms. The molecule has 2 rings (SSSR count). The summed E-state index contributed by atoms with van der Waals surface area (Å²) in [5.41, 5.74) is 2.97. The summed E-state index contributed by atoms with van der Waals surface area (Å²) in [5.74, 6) is 1.54. The molecule has 106 valence electrons. The number of nitrogens with one attached hydrogen (secondary N) is 1. The van der Waals surface area contributed by atoms with Crippen molar-refractivity contribution < 1.29 is 0 Å². The van der Waals surface area contributed by atoms with Crippen molar-refractivity contribution in [3.8, 4) is 0 Å². The molecule has 1 nitrogen and oxygen atoms in total. The predicted molar refractivity (Wildman–Crippen MR) is 83.5 cm³/mol. The zero-order valence-electron chi connectivity index (χ0n) is 12.8. The third-order valence-corrected chi connectivity index (χ3v) is 4.71. The van der Waals surface area contributed by atoms with Crippen molar-refractivity contribution in [3.63, 3.8) is 0 Å². The molecule has 1 aliphatic carbocycles. The molecule has 0 spiro atoms. The molecule has 1 aliphatic rings. The highest BCUT2D eigenvalue weighted by atomic mass is 14.9. The summed E-state index contributed by atoms with van der Waals surface area (Å²) in [6.45, 7) is 7.96. The Morgan fingerprint density at radius 2 is 1.74 bits per heavy atom. The Morgan fingerprint density at radius 3 is 2.21 bits per heavy atom. The molecule has 0 bridgehead atoms. The van der Waals surface area contributed by atoms with Gasteiger partial charge in [0.05, 0.1) is 0 Å². The fourth-order valence-electron chi connectivity index (χ4n) is 2.90. The minimum absolute atomic E-state index is 0.583. The van der Waals surface area contributed by atoms with Gasteiger partial charge in [0.1, 0.15) is 0 Å². The Balaban J connectivity index is 2.07. The monoisotopic (exact) mass is 259 g/mol. The van der Waals surface area contributed by atoms with E-state index in [2.05, 4.69) is 50.4 Å². The Bertz CT molecular complexity index is 364. The normalized spacial score (nSPS) is 18.9. The van der Waals surface area contributed by atoms with E-state index in [4.69, 9.17) is 0 Å². The van der Waals surface area contributed by atoms with Crippen LogP contribution in [0.1, 0.15) is 76.0 Å². The first-order valence-corrected chi connectivity index (χ1v) is 8.09. The van der Waals surface area contributed by atoms with Crippen LogP contribution < -0.4 is 5.32 Å². The zero-order chi connectivity index (χ0) is 13.7. The van der Waals surface area contributed by atoms with Crippen LogP contribution in [0.2, 0.25) is 0 Å². The van der Waals surface area contributed by atoms with Crippen LogP contribution in [0.25, 0.3) is 0 Å². The topological polar surface area (TPSA) is 12.0 Å². The van der Waals surface area contributed by atoms with Gasteiger partial charge in [-0.05, 0) is 55.2 Å². The summed E-state index contributed by atoms with van der Waals surface area (Å²) < 4.78 is 0. The number of rotatable bonds is 7. The van der Waals surface area contributed by atoms with Crippen LogP contribution in [-0.4, -0.2) is 6.54 Å². The van der Waals surface area contributed by atoms with Crippen molar-refractivity contribution in [2.75, 3.05) is 6.54 Å². The quantitative estimate of drug-likeness (QED) is 0.723. The van der Waals surface area contributed by atoms with E-state index in [0.717, 1.165) is 12.5 Å². The lowest BCUT2D eigenvalue weighted by Gasteiger charge is -2.35. The van der Waals surface area contributed by atoms with Crippen molar-refractivity contribution in [2.24, 2.45) is 5.92 Å². The molecule has 2 unspecified atom stereocenters. The maximum Gasteiger partial charge on any atom is 0.0348 e. The maximum absolute atomic E-state index is 3.75. The van der Waals surface area contributed by atoms with E-state index in [1.54, 1.807) is 0 Å². The lowest BCUT2D eigenvalue weighted by atomic mass is 9.77. The third kappa shape index (κ3) is 3.60. The molecule has 0 radical (unpaired) electrons. The SMILES string of the molecule is CCCNC(c1ccc(C(C)CC)cc1)C1CCC1. The van der Waals surface area contributed by atoms with Crippen molar-refractivity contribution in [1.82, 2.24) is 5.32 Å². The smallest absolute Gasteiger partial charge is 0.0348 e. The molecule has 1 aromatic rings. The van der Waals surface area contributed by atoms with Crippen LogP contribution in [0, 0.1) is 5.92 Å². The Hall–Kier alpha value is -0.820. The Morgan fingerprint density at radius 1 is 1.11 bits per heavy atom. The number of hydrogen-bond donors (Lipinski definition) is 1. The lowest BCUT2D eigenvalue weighted by Crippen LogP contribution is -2.32. The average molecular weight is 259 g/mol. The second-order valence-electron chi connectivity index (χ2n) is 6.10. The summed E-state index contributed by atoms with van der Waals surface area (Å²) in [6, 6.07) is 9.96. The summed E-state index contributed by atoms with van der Waals surface area (Å²) in [6.07, 6.45) is 6.65.